The van der Waals surface area contributed by atoms with Gasteiger partial charge in [0.2, 0.25) is 5.43 Å². The van der Waals surface area contributed by atoms with Crippen molar-refractivity contribution in [3.8, 4) is 22.6 Å². The molecular weight excluding hydrogens is 402 g/mol. The summed E-state index contributed by atoms with van der Waals surface area (Å²) in [4.78, 5) is 21.2. The summed E-state index contributed by atoms with van der Waals surface area (Å²) in [5, 5.41) is 4.55. The lowest BCUT2D eigenvalue weighted by molar-refractivity contribution is 0.411. The number of nitrogens with two attached hydrogens (primary N) is 1. The Balaban J connectivity index is 1.80. The number of aliphatic imine (C=N–C) groups is 1. The van der Waals surface area contributed by atoms with Crippen LogP contribution in [0.1, 0.15) is 5.69 Å². The van der Waals surface area contributed by atoms with Crippen LogP contribution in [0.15, 0.2) is 107 Å². The van der Waals surface area contributed by atoms with Crippen LogP contribution in [0.3, 0.4) is 0 Å². The van der Waals surface area contributed by atoms with Gasteiger partial charge in [-0.2, -0.15) is 5.10 Å². The van der Waals surface area contributed by atoms with Crippen molar-refractivity contribution >= 4 is 11.4 Å². The normalized spacial score (nSPS) is 11.6. The summed E-state index contributed by atoms with van der Waals surface area (Å²) in [6.07, 6.45) is 7.98. The molecule has 2 aromatic heterocycles. The molecule has 32 heavy (non-hydrogen) atoms. The lowest BCUT2D eigenvalue weighted by Gasteiger charge is -2.13. The van der Waals surface area contributed by atoms with Crippen molar-refractivity contribution in [3.05, 3.63) is 114 Å². The zero-order chi connectivity index (χ0) is 22.3. The number of ether oxygens (including phenoxy) is 1. The molecule has 0 fully saturated rings. The molecule has 7 heteroatoms. The number of allylic oxidation sites excluding steroid dienone is 1. The Kier molecular flexibility index (Phi) is 6.17. The molecule has 4 aromatic rings. The van der Waals surface area contributed by atoms with Gasteiger partial charge >= 0.3 is 0 Å². The summed E-state index contributed by atoms with van der Waals surface area (Å²) in [5.74, 6) is 0.609. The highest BCUT2D eigenvalue weighted by atomic mass is 16.5. The quantitative estimate of drug-likeness (QED) is 0.475. The molecule has 2 aromatic carbocycles. The number of hydrogen-bond donors (Lipinski definition) is 1. The van der Waals surface area contributed by atoms with Crippen LogP contribution in [0, 0.1) is 0 Å². The minimum absolute atomic E-state index is 0.179. The summed E-state index contributed by atoms with van der Waals surface area (Å²) in [6.45, 7) is 0. The van der Waals surface area contributed by atoms with E-state index >= 15 is 0 Å². The summed E-state index contributed by atoms with van der Waals surface area (Å²) < 4.78 is 7.21. The maximum absolute atomic E-state index is 12.6. The fraction of sp³-hybridized carbons (Fsp3) is 0.0400. The van der Waals surface area contributed by atoms with Crippen LogP contribution in [0.5, 0.6) is 5.75 Å². The Labute approximate surface area is 185 Å². The fourth-order valence-electron chi connectivity index (χ4n) is 3.21. The maximum atomic E-state index is 12.6. The minimum Gasteiger partial charge on any atom is -0.494 e. The monoisotopic (exact) mass is 423 g/mol. The highest BCUT2D eigenvalue weighted by Crippen LogP contribution is 2.29. The number of aromatic nitrogens is 3. The first-order valence-corrected chi connectivity index (χ1v) is 9.91. The van der Waals surface area contributed by atoms with Crippen molar-refractivity contribution in [3.63, 3.8) is 0 Å². The lowest BCUT2D eigenvalue weighted by atomic mass is 10.1. The molecule has 0 aliphatic rings. The molecule has 2 N–H and O–H groups in total. The Hall–Kier alpha value is -4.52. The molecule has 0 radical (unpaired) electrons. The van der Waals surface area contributed by atoms with Crippen molar-refractivity contribution in [1.82, 2.24) is 14.8 Å². The van der Waals surface area contributed by atoms with Crippen LogP contribution in [-0.2, 0) is 0 Å². The molecule has 0 bridgehead atoms. The van der Waals surface area contributed by atoms with Gasteiger partial charge in [0.05, 0.1) is 18.5 Å². The van der Waals surface area contributed by atoms with E-state index in [1.165, 1.54) is 12.3 Å². The van der Waals surface area contributed by atoms with Crippen LogP contribution in [-0.4, -0.2) is 27.6 Å². The summed E-state index contributed by atoms with van der Waals surface area (Å²) in [5.41, 5.74) is 9.27. The zero-order valence-electron chi connectivity index (χ0n) is 17.4. The van der Waals surface area contributed by atoms with Crippen LogP contribution < -0.4 is 15.9 Å². The first-order valence-electron chi connectivity index (χ1n) is 9.91. The average Bonchev–Trinajstić information content (AvgIpc) is 2.85. The predicted molar refractivity (Wildman–Crippen MR) is 126 cm³/mol. The standard InChI is InChI=1S/C25H21N5O2/c1-32-24-17-19(18-10-14-27-15-11-18)7-8-22(24)30-16-12-23(31)25(29-30)21(9-13-26)28-20-5-3-2-4-6-20/h2-17H,26H2,1H3. The average molecular weight is 423 g/mol. The second-order valence-corrected chi connectivity index (χ2v) is 6.79. The number of methoxy groups -OCH3 is 1. The van der Waals surface area contributed by atoms with Crippen LogP contribution in [0.2, 0.25) is 0 Å². The van der Waals surface area contributed by atoms with E-state index in [1.807, 2.05) is 60.7 Å². The molecule has 0 aliphatic heterocycles. The van der Waals surface area contributed by atoms with Crippen molar-refractivity contribution in [2.45, 2.75) is 0 Å². The van der Waals surface area contributed by atoms with Gasteiger partial charge in [-0.05, 0) is 59.8 Å². The highest BCUT2D eigenvalue weighted by Gasteiger charge is 2.13. The van der Waals surface area contributed by atoms with Gasteiger partial charge < -0.3 is 10.5 Å². The highest BCUT2D eigenvalue weighted by molar-refractivity contribution is 6.08. The van der Waals surface area contributed by atoms with Gasteiger partial charge in [-0.3, -0.25) is 9.78 Å². The molecule has 4 rings (SSSR count). The molecule has 7 nitrogen and oxygen atoms in total. The van der Waals surface area contributed by atoms with Crippen LogP contribution in [0.4, 0.5) is 5.69 Å². The van der Waals surface area contributed by atoms with Gasteiger partial charge in [-0.1, -0.05) is 24.3 Å². The Morgan fingerprint density at radius 1 is 1.03 bits per heavy atom. The number of hydrogen-bond acceptors (Lipinski definition) is 6. The van der Waals surface area contributed by atoms with Crippen molar-refractivity contribution in [2.24, 2.45) is 10.7 Å². The molecule has 0 amide bonds. The molecule has 2 heterocycles. The van der Waals surface area contributed by atoms with Gasteiger partial charge in [0.1, 0.15) is 11.4 Å². The van der Waals surface area contributed by atoms with Gasteiger partial charge in [-0.25, -0.2) is 9.67 Å². The van der Waals surface area contributed by atoms with E-state index in [1.54, 1.807) is 36.5 Å². The third kappa shape index (κ3) is 4.46. The molecule has 0 saturated heterocycles. The summed E-state index contributed by atoms with van der Waals surface area (Å²) in [6, 6.07) is 20.4. The number of para-hydroxylation sites is 1. The van der Waals surface area contributed by atoms with Crippen LogP contribution in [0.25, 0.3) is 16.8 Å². The second-order valence-electron chi connectivity index (χ2n) is 6.79. The van der Waals surface area contributed by atoms with E-state index in [9.17, 15) is 4.79 Å². The van der Waals surface area contributed by atoms with Gasteiger partial charge in [0.15, 0.2) is 5.69 Å². The number of pyridine rings is 1. The van der Waals surface area contributed by atoms with E-state index < -0.39 is 0 Å². The number of rotatable bonds is 6. The summed E-state index contributed by atoms with van der Waals surface area (Å²) >= 11 is 0. The molecule has 0 unspecified atom stereocenters. The topological polar surface area (TPSA) is 95.4 Å². The van der Waals surface area contributed by atoms with Gasteiger partial charge in [0, 0.05) is 24.7 Å². The smallest absolute Gasteiger partial charge is 0.209 e. The molecule has 0 saturated carbocycles. The van der Waals surface area contributed by atoms with E-state index in [4.69, 9.17) is 10.5 Å². The molecule has 0 aliphatic carbocycles. The van der Waals surface area contributed by atoms with E-state index in [-0.39, 0.29) is 11.1 Å². The Morgan fingerprint density at radius 2 is 1.81 bits per heavy atom. The van der Waals surface area contributed by atoms with Gasteiger partial charge in [0.25, 0.3) is 0 Å². The maximum Gasteiger partial charge on any atom is 0.209 e. The fourth-order valence-corrected chi connectivity index (χ4v) is 3.21. The Bertz CT molecular complexity index is 1330. The zero-order valence-corrected chi connectivity index (χ0v) is 17.4. The molecule has 0 spiro atoms. The number of benzene rings is 2. The van der Waals surface area contributed by atoms with Crippen molar-refractivity contribution in [2.75, 3.05) is 7.11 Å². The van der Waals surface area contributed by atoms with E-state index in [0.717, 1.165) is 11.1 Å². The number of nitrogens with zero attached hydrogens (tertiary/aromatic N) is 4. The first kappa shape index (κ1) is 20.7. The van der Waals surface area contributed by atoms with Crippen molar-refractivity contribution in [1.29, 1.82) is 0 Å². The SMILES string of the molecule is COc1cc(-c2ccncc2)ccc1-n1ccc(=O)c(C(C=CN)=Nc2ccccc2)n1. The van der Waals surface area contributed by atoms with Gasteiger partial charge in [-0.15, -0.1) is 0 Å². The van der Waals surface area contributed by atoms with Crippen LogP contribution >= 0.6 is 0 Å². The molecule has 158 valence electrons. The van der Waals surface area contributed by atoms with E-state index in [2.05, 4.69) is 15.1 Å². The lowest BCUT2D eigenvalue weighted by Crippen LogP contribution is -2.20. The third-order valence-electron chi connectivity index (χ3n) is 4.75. The minimum atomic E-state index is -0.263. The summed E-state index contributed by atoms with van der Waals surface area (Å²) in [7, 11) is 1.60. The predicted octanol–water partition coefficient (Wildman–Crippen LogP) is 3.90. The van der Waals surface area contributed by atoms with Crippen molar-refractivity contribution < 1.29 is 4.74 Å². The second kappa shape index (κ2) is 9.53. The Morgan fingerprint density at radius 3 is 2.53 bits per heavy atom. The third-order valence-corrected chi connectivity index (χ3v) is 4.75. The largest absolute Gasteiger partial charge is 0.494 e. The molecular formula is C25H21N5O2. The first-order chi connectivity index (χ1) is 15.7. The van der Waals surface area contributed by atoms with E-state index in [0.29, 0.717) is 22.8 Å². The molecule has 0 atom stereocenters.